The fourth-order valence-electron chi connectivity index (χ4n) is 2.70. The van der Waals surface area contributed by atoms with Gasteiger partial charge in [0.15, 0.2) is 0 Å². The second-order valence-corrected chi connectivity index (χ2v) is 8.14. The van der Waals surface area contributed by atoms with Crippen LogP contribution >= 0.6 is 0 Å². The molecule has 3 atom stereocenters. The van der Waals surface area contributed by atoms with Gasteiger partial charge in [-0.15, -0.1) is 0 Å². The van der Waals surface area contributed by atoms with Gasteiger partial charge in [0.05, 0.1) is 12.7 Å². The average molecular weight is 289 g/mol. The lowest BCUT2D eigenvalue weighted by molar-refractivity contribution is -0.0367. The third-order valence-corrected chi connectivity index (χ3v) is 6.75. The smallest absolute Gasteiger partial charge is 0.379 e. The van der Waals surface area contributed by atoms with E-state index in [4.69, 9.17) is 18.0 Å². The standard InChI is InChI=1S/C13H27NO4Si/c1-4-16-19-9-5-8-15-11-13(18-19)10-14(3)7-6-12(2)17-19/h12-13H,4-11H2,1-3H3. The van der Waals surface area contributed by atoms with E-state index in [0.717, 1.165) is 38.6 Å². The monoisotopic (exact) mass is 289 g/mol. The van der Waals surface area contributed by atoms with Gasteiger partial charge in [-0.05, 0) is 33.7 Å². The highest BCUT2D eigenvalue weighted by atomic mass is 28.4. The van der Waals surface area contributed by atoms with Crippen LogP contribution in [0.25, 0.3) is 0 Å². The zero-order chi connectivity index (χ0) is 13.7. The summed E-state index contributed by atoms with van der Waals surface area (Å²) in [6.07, 6.45) is 2.24. The molecule has 5 nitrogen and oxygen atoms in total. The van der Waals surface area contributed by atoms with Crippen molar-refractivity contribution >= 4 is 8.80 Å². The van der Waals surface area contributed by atoms with Gasteiger partial charge in [0.2, 0.25) is 0 Å². The van der Waals surface area contributed by atoms with Crippen LogP contribution in [0.4, 0.5) is 0 Å². The Morgan fingerprint density at radius 1 is 1.37 bits per heavy atom. The van der Waals surface area contributed by atoms with Crippen LogP contribution in [-0.4, -0.2) is 65.9 Å². The molecule has 112 valence electrons. The second kappa shape index (κ2) is 7.15. The summed E-state index contributed by atoms with van der Waals surface area (Å²) in [7, 11) is -0.401. The molecule has 2 saturated heterocycles. The van der Waals surface area contributed by atoms with Gasteiger partial charge in [-0.1, -0.05) is 0 Å². The first-order valence-corrected chi connectivity index (χ1v) is 9.32. The van der Waals surface area contributed by atoms with E-state index in [9.17, 15) is 0 Å². The number of nitrogens with zero attached hydrogens (tertiary/aromatic N) is 1. The predicted molar refractivity (Wildman–Crippen MR) is 75.2 cm³/mol. The van der Waals surface area contributed by atoms with Crippen LogP contribution in [0.15, 0.2) is 0 Å². The van der Waals surface area contributed by atoms with Gasteiger partial charge < -0.3 is 22.9 Å². The number of hydrogen-bond donors (Lipinski definition) is 0. The van der Waals surface area contributed by atoms with Crippen molar-refractivity contribution in [1.29, 1.82) is 0 Å². The first kappa shape index (κ1) is 15.4. The van der Waals surface area contributed by atoms with Gasteiger partial charge in [-0.25, -0.2) is 0 Å². The highest BCUT2D eigenvalue weighted by Gasteiger charge is 2.45. The van der Waals surface area contributed by atoms with Crippen molar-refractivity contribution < 1.29 is 18.0 Å². The Morgan fingerprint density at radius 3 is 3.00 bits per heavy atom. The van der Waals surface area contributed by atoms with Gasteiger partial charge in [0.1, 0.15) is 0 Å². The fraction of sp³-hybridized carbons (Fsp3) is 1.00. The van der Waals surface area contributed by atoms with Crippen molar-refractivity contribution in [3.8, 4) is 0 Å². The maximum absolute atomic E-state index is 6.31. The Labute approximate surface area is 117 Å². The molecule has 0 amide bonds. The molecule has 2 bridgehead atoms. The second-order valence-electron chi connectivity index (χ2n) is 5.51. The van der Waals surface area contributed by atoms with Crippen molar-refractivity contribution in [3.05, 3.63) is 0 Å². The van der Waals surface area contributed by atoms with Crippen LogP contribution in [0.2, 0.25) is 6.04 Å². The quantitative estimate of drug-likeness (QED) is 0.721. The van der Waals surface area contributed by atoms with E-state index in [2.05, 4.69) is 18.9 Å². The van der Waals surface area contributed by atoms with Crippen LogP contribution in [0, 0.1) is 0 Å². The Kier molecular flexibility index (Phi) is 5.80. The third-order valence-electron chi connectivity index (χ3n) is 3.60. The van der Waals surface area contributed by atoms with E-state index in [0.29, 0.717) is 13.2 Å². The number of ether oxygens (including phenoxy) is 1. The van der Waals surface area contributed by atoms with E-state index in [-0.39, 0.29) is 12.2 Å². The van der Waals surface area contributed by atoms with Crippen molar-refractivity contribution in [2.24, 2.45) is 0 Å². The first-order chi connectivity index (χ1) is 9.13. The van der Waals surface area contributed by atoms with Gasteiger partial charge >= 0.3 is 8.80 Å². The van der Waals surface area contributed by atoms with Gasteiger partial charge in [-0.3, -0.25) is 0 Å². The van der Waals surface area contributed by atoms with E-state index >= 15 is 0 Å². The molecule has 0 N–H and O–H groups in total. The van der Waals surface area contributed by atoms with E-state index < -0.39 is 8.80 Å². The molecule has 0 saturated carbocycles. The molecule has 0 spiro atoms. The predicted octanol–water partition coefficient (Wildman–Crippen LogP) is 1.51. The molecule has 19 heavy (non-hydrogen) atoms. The molecule has 0 aromatic carbocycles. The molecular weight excluding hydrogens is 262 g/mol. The van der Waals surface area contributed by atoms with Gasteiger partial charge in [0.25, 0.3) is 0 Å². The Hall–Kier alpha value is 0.0169. The lowest BCUT2D eigenvalue weighted by atomic mass is 10.2. The maximum Gasteiger partial charge on any atom is 0.501 e. The number of fused-ring (bicyclic) bond motifs is 2. The molecule has 0 aromatic heterocycles. The van der Waals surface area contributed by atoms with E-state index in [1.807, 2.05) is 6.92 Å². The van der Waals surface area contributed by atoms with Crippen LogP contribution in [0.1, 0.15) is 26.7 Å². The highest BCUT2D eigenvalue weighted by Crippen LogP contribution is 2.26. The van der Waals surface area contributed by atoms with Crippen LogP contribution in [0.3, 0.4) is 0 Å². The zero-order valence-electron chi connectivity index (χ0n) is 12.4. The summed E-state index contributed by atoms with van der Waals surface area (Å²) in [6, 6.07) is 0.866. The van der Waals surface area contributed by atoms with Gasteiger partial charge in [0, 0.05) is 38.5 Å². The molecule has 0 aliphatic carbocycles. The number of rotatable bonds is 2. The van der Waals surface area contributed by atoms with Crippen LogP contribution in [0.5, 0.6) is 0 Å². The normalized spacial score (nSPS) is 38.7. The average Bonchev–Trinajstić information content (AvgIpc) is 2.38. The van der Waals surface area contributed by atoms with Crippen molar-refractivity contribution in [1.82, 2.24) is 4.90 Å². The summed E-state index contributed by atoms with van der Waals surface area (Å²) in [4.78, 5) is 2.30. The highest BCUT2D eigenvalue weighted by molar-refractivity contribution is 6.60. The minimum Gasteiger partial charge on any atom is -0.379 e. The molecule has 6 heteroatoms. The summed E-state index contributed by atoms with van der Waals surface area (Å²) in [5.74, 6) is 0. The summed E-state index contributed by atoms with van der Waals surface area (Å²) in [5, 5.41) is 0. The minimum atomic E-state index is -2.53. The van der Waals surface area contributed by atoms with Gasteiger partial charge in [-0.2, -0.15) is 0 Å². The molecule has 2 aliphatic rings. The molecule has 2 fully saturated rings. The van der Waals surface area contributed by atoms with Crippen LogP contribution < -0.4 is 0 Å². The topological polar surface area (TPSA) is 40.2 Å². The SMILES string of the molecule is CCO[Si]12CCCOCC(CN(C)CCC(C)O1)O2. The number of hydrogen-bond acceptors (Lipinski definition) is 5. The summed E-state index contributed by atoms with van der Waals surface area (Å²) >= 11 is 0. The fourth-order valence-corrected chi connectivity index (χ4v) is 5.67. The van der Waals surface area contributed by atoms with Crippen LogP contribution in [-0.2, 0) is 18.0 Å². The van der Waals surface area contributed by atoms with Crippen molar-refractivity contribution in [2.75, 3.05) is 40.0 Å². The van der Waals surface area contributed by atoms with Crippen molar-refractivity contribution in [3.63, 3.8) is 0 Å². The first-order valence-electron chi connectivity index (χ1n) is 7.39. The number of likely N-dealkylation sites (N-methyl/N-ethyl adjacent to an activating group) is 1. The zero-order valence-corrected chi connectivity index (χ0v) is 13.4. The summed E-state index contributed by atoms with van der Waals surface area (Å²) < 4.78 is 24.2. The molecule has 0 aromatic rings. The molecule has 2 aliphatic heterocycles. The molecule has 0 radical (unpaired) electrons. The molecule has 2 heterocycles. The largest absolute Gasteiger partial charge is 0.501 e. The summed E-state index contributed by atoms with van der Waals surface area (Å²) in [5.41, 5.74) is 0. The van der Waals surface area contributed by atoms with E-state index in [1.54, 1.807) is 0 Å². The van der Waals surface area contributed by atoms with Crippen molar-refractivity contribution in [2.45, 2.75) is 44.9 Å². The van der Waals surface area contributed by atoms with E-state index in [1.165, 1.54) is 0 Å². The molecule has 3 unspecified atom stereocenters. The maximum atomic E-state index is 6.31. The lowest BCUT2D eigenvalue weighted by Crippen LogP contribution is -2.53. The Bertz CT molecular complexity index is 281. The Morgan fingerprint density at radius 2 is 2.21 bits per heavy atom. The molecular formula is C13H27NO4Si. The lowest BCUT2D eigenvalue weighted by Gasteiger charge is -2.36. The Balaban J connectivity index is 2.16. The minimum absolute atomic E-state index is 0.0637. The molecule has 2 rings (SSSR count). The summed E-state index contributed by atoms with van der Waals surface area (Å²) in [6.45, 7) is 8.13. The third kappa shape index (κ3) is 4.51.